The van der Waals surface area contributed by atoms with E-state index in [0.29, 0.717) is 5.69 Å². The van der Waals surface area contributed by atoms with Crippen LogP contribution in [0.15, 0.2) is 4.79 Å². The Morgan fingerprint density at radius 1 is 1.10 bits per heavy atom. The van der Waals surface area contributed by atoms with Gasteiger partial charge in [0.1, 0.15) is 5.69 Å². The molecule has 1 saturated heterocycles. The number of hydrogen-bond donors (Lipinski definition) is 0. The summed E-state index contributed by atoms with van der Waals surface area (Å²) in [6.07, 6.45) is 3.99. The van der Waals surface area contributed by atoms with E-state index in [9.17, 15) is 9.59 Å². The van der Waals surface area contributed by atoms with Gasteiger partial charge >= 0.3 is 5.69 Å². The van der Waals surface area contributed by atoms with E-state index in [1.54, 1.807) is 16.2 Å². The van der Waals surface area contributed by atoms with Crippen LogP contribution < -0.4 is 5.69 Å². The number of nitrogens with zero attached hydrogens (tertiary/aromatic N) is 3. The number of fused-ring (bicyclic) bond motifs is 1. The molecule has 0 N–H and O–H groups in total. The van der Waals surface area contributed by atoms with Gasteiger partial charge in [-0.25, -0.2) is 4.79 Å². The van der Waals surface area contributed by atoms with E-state index >= 15 is 0 Å². The molecule has 0 aliphatic carbocycles. The monoisotopic (exact) mass is 295 g/mol. The van der Waals surface area contributed by atoms with Crippen LogP contribution in [0.2, 0.25) is 0 Å². The first kappa shape index (κ1) is 13.8. The number of carbonyl (C=O) groups is 1. The molecule has 1 aromatic heterocycles. The van der Waals surface area contributed by atoms with E-state index in [1.807, 2.05) is 16.7 Å². The molecule has 3 rings (SSSR count). The van der Waals surface area contributed by atoms with Gasteiger partial charge in [-0.15, -0.1) is 0 Å². The molecule has 2 aliphatic heterocycles. The summed E-state index contributed by atoms with van der Waals surface area (Å²) in [4.78, 5) is 27.0. The zero-order valence-corrected chi connectivity index (χ0v) is 12.7. The largest absolute Gasteiger partial charge is 0.336 e. The van der Waals surface area contributed by atoms with Crippen molar-refractivity contribution in [1.29, 1.82) is 0 Å². The summed E-state index contributed by atoms with van der Waals surface area (Å²) in [6.45, 7) is 2.36. The first-order valence-electron chi connectivity index (χ1n) is 7.35. The molecule has 2 aliphatic rings. The summed E-state index contributed by atoms with van der Waals surface area (Å²) in [5.41, 5.74) is 1.54. The highest BCUT2D eigenvalue weighted by molar-refractivity contribution is 7.99. The second-order valence-corrected chi connectivity index (χ2v) is 6.73. The Morgan fingerprint density at radius 2 is 1.95 bits per heavy atom. The Morgan fingerprint density at radius 3 is 2.80 bits per heavy atom. The molecule has 1 amide bonds. The Kier molecular flexibility index (Phi) is 3.92. The lowest BCUT2D eigenvalue weighted by molar-refractivity contribution is 0.0757. The van der Waals surface area contributed by atoms with Gasteiger partial charge in [0.25, 0.3) is 5.91 Å². The van der Waals surface area contributed by atoms with Crippen LogP contribution in [-0.2, 0) is 20.0 Å². The molecule has 0 bridgehead atoms. The molecule has 0 atom stereocenters. The van der Waals surface area contributed by atoms with E-state index in [0.717, 1.165) is 62.5 Å². The molecule has 3 heterocycles. The highest BCUT2D eigenvalue weighted by atomic mass is 32.2. The summed E-state index contributed by atoms with van der Waals surface area (Å²) < 4.78 is 3.35. The van der Waals surface area contributed by atoms with Gasteiger partial charge < -0.3 is 4.90 Å². The maximum absolute atomic E-state index is 12.8. The third kappa shape index (κ3) is 2.30. The molecule has 0 aromatic carbocycles. The van der Waals surface area contributed by atoms with Crippen molar-refractivity contribution in [3.8, 4) is 0 Å². The first-order chi connectivity index (χ1) is 9.70. The summed E-state index contributed by atoms with van der Waals surface area (Å²) >= 11 is 1.90. The van der Waals surface area contributed by atoms with Gasteiger partial charge in [0, 0.05) is 32.4 Å². The molecule has 5 nitrogen and oxygen atoms in total. The minimum atomic E-state index is -0.0350. The van der Waals surface area contributed by atoms with Crippen molar-refractivity contribution in [2.24, 2.45) is 7.05 Å². The molecule has 0 spiro atoms. The third-order valence-corrected chi connectivity index (χ3v) is 5.26. The predicted molar refractivity (Wildman–Crippen MR) is 80.5 cm³/mol. The number of amides is 1. The molecule has 1 aromatic rings. The molecule has 20 heavy (non-hydrogen) atoms. The van der Waals surface area contributed by atoms with E-state index in [1.165, 1.54) is 0 Å². The first-order valence-corrected chi connectivity index (χ1v) is 8.51. The Bertz CT molecular complexity index is 568. The van der Waals surface area contributed by atoms with Crippen LogP contribution >= 0.6 is 11.8 Å². The molecule has 0 unspecified atom stereocenters. The number of rotatable bonds is 1. The van der Waals surface area contributed by atoms with Gasteiger partial charge in [0.2, 0.25) is 0 Å². The van der Waals surface area contributed by atoms with Crippen molar-refractivity contribution >= 4 is 17.7 Å². The Balaban J connectivity index is 1.97. The summed E-state index contributed by atoms with van der Waals surface area (Å²) in [5.74, 6) is 2.16. The summed E-state index contributed by atoms with van der Waals surface area (Å²) in [6, 6.07) is 0. The number of thioether (sulfide) groups is 1. The van der Waals surface area contributed by atoms with Crippen molar-refractivity contribution in [3.05, 3.63) is 21.9 Å². The molecular weight excluding hydrogens is 274 g/mol. The van der Waals surface area contributed by atoms with Crippen LogP contribution in [0, 0.1) is 0 Å². The average Bonchev–Trinajstić information content (AvgIpc) is 2.68. The van der Waals surface area contributed by atoms with Crippen LogP contribution in [-0.4, -0.2) is 44.5 Å². The topological polar surface area (TPSA) is 47.2 Å². The minimum Gasteiger partial charge on any atom is -0.336 e. The van der Waals surface area contributed by atoms with Gasteiger partial charge in [-0.1, -0.05) is 0 Å². The fourth-order valence-corrected chi connectivity index (χ4v) is 4.01. The molecule has 110 valence electrons. The van der Waals surface area contributed by atoms with Crippen LogP contribution in [0.1, 0.15) is 35.4 Å². The molecule has 1 fully saturated rings. The van der Waals surface area contributed by atoms with E-state index < -0.39 is 0 Å². The number of imidazole rings is 1. The van der Waals surface area contributed by atoms with Crippen LogP contribution in [0.4, 0.5) is 0 Å². The van der Waals surface area contributed by atoms with Gasteiger partial charge in [0.15, 0.2) is 0 Å². The van der Waals surface area contributed by atoms with Crippen molar-refractivity contribution in [2.75, 3.05) is 24.6 Å². The van der Waals surface area contributed by atoms with Crippen LogP contribution in [0.25, 0.3) is 0 Å². The highest BCUT2D eigenvalue weighted by Crippen LogP contribution is 2.20. The van der Waals surface area contributed by atoms with Crippen molar-refractivity contribution in [1.82, 2.24) is 14.0 Å². The SMILES string of the molecule is Cn1c(C(=O)N2CCCSCC2)c2n(c1=O)CCCC2. The van der Waals surface area contributed by atoms with Crippen molar-refractivity contribution in [3.63, 3.8) is 0 Å². The second kappa shape index (κ2) is 5.68. The normalized spacial score (nSPS) is 19.6. The smallest absolute Gasteiger partial charge is 0.328 e. The number of aromatic nitrogens is 2. The number of hydrogen-bond acceptors (Lipinski definition) is 3. The number of carbonyl (C=O) groups excluding carboxylic acids is 1. The molecular formula is C14H21N3O2S. The highest BCUT2D eigenvalue weighted by Gasteiger charge is 2.28. The maximum atomic E-state index is 12.8. The predicted octanol–water partition coefficient (Wildman–Crippen LogP) is 1.10. The lowest BCUT2D eigenvalue weighted by atomic mass is 10.1. The third-order valence-electron chi connectivity index (χ3n) is 4.21. The lowest BCUT2D eigenvalue weighted by Gasteiger charge is -2.21. The Labute approximate surface area is 122 Å². The zero-order chi connectivity index (χ0) is 14.1. The van der Waals surface area contributed by atoms with Gasteiger partial charge in [-0.05, 0) is 31.4 Å². The Hall–Kier alpha value is -1.17. The lowest BCUT2D eigenvalue weighted by Crippen LogP contribution is -2.35. The van der Waals surface area contributed by atoms with Crippen molar-refractivity contribution < 1.29 is 4.79 Å². The minimum absolute atomic E-state index is 0.0350. The van der Waals surface area contributed by atoms with Gasteiger partial charge in [0.05, 0.1) is 5.69 Å². The maximum Gasteiger partial charge on any atom is 0.328 e. The van der Waals surface area contributed by atoms with Gasteiger partial charge in [-0.2, -0.15) is 11.8 Å². The summed E-state index contributed by atoms with van der Waals surface area (Å²) in [7, 11) is 1.73. The standard InChI is InChI=1S/C14H21N3O2S/c1-15-12(11-5-2-3-7-17(11)14(15)19)13(18)16-6-4-9-20-10-8-16/h2-10H2,1H3. The second-order valence-electron chi connectivity index (χ2n) is 5.50. The quantitative estimate of drug-likeness (QED) is 0.779. The fraction of sp³-hybridized carbons (Fsp3) is 0.714. The van der Waals surface area contributed by atoms with Crippen LogP contribution in [0.3, 0.4) is 0 Å². The summed E-state index contributed by atoms with van der Waals surface area (Å²) in [5, 5.41) is 0. The van der Waals surface area contributed by atoms with E-state index in [-0.39, 0.29) is 11.6 Å². The average molecular weight is 295 g/mol. The molecule has 0 saturated carbocycles. The van der Waals surface area contributed by atoms with Gasteiger partial charge in [-0.3, -0.25) is 13.9 Å². The molecule has 0 radical (unpaired) electrons. The van der Waals surface area contributed by atoms with E-state index in [2.05, 4.69) is 0 Å². The van der Waals surface area contributed by atoms with Crippen molar-refractivity contribution in [2.45, 2.75) is 32.2 Å². The zero-order valence-electron chi connectivity index (χ0n) is 11.9. The van der Waals surface area contributed by atoms with Crippen LogP contribution in [0.5, 0.6) is 0 Å². The van der Waals surface area contributed by atoms with E-state index in [4.69, 9.17) is 0 Å². The molecule has 6 heteroatoms. The fourth-order valence-electron chi connectivity index (χ4n) is 3.13.